The minimum absolute atomic E-state index is 0.0377. The number of likely N-dealkylation sites (tertiary alicyclic amines) is 1. The zero-order valence-electron chi connectivity index (χ0n) is 16.7. The third-order valence-electron chi connectivity index (χ3n) is 5.81. The van der Waals surface area contributed by atoms with Gasteiger partial charge in [-0.25, -0.2) is 0 Å². The van der Waals surface area contributed by atoms with Crippen molar-refractivity contribution in [3.05, 3.63) is 46.1 Å². The Balaban J connectivity index is 1.31. The quantitative estimate of drug-likeness (QED) is 0.739. The second-order valence-corrected chi connectivity index (χ2v) is 8.19. The van der Waals surface area contributed by atoms with Crippen LogP contribution in [0.4, 0.5) is 0 Å². The first kappa shape index (κ1) is 20.0. The first-order chi connectivity index (χ1) is 14.1. The standard InChI is InChI=1S/C22H26ClN3O3/c1-28-20-7-6-17(23)13-18(20)22(27)26-10-8-15(9-11-26)14-29-21-12-16-4-2-3-5-19(16)24-25-21/h6-7,12-13,15H,2-5,8-11,14H2,1H3. The van der Waals surface area contributed by atoms with Crippen molar-refractivity contribution in [3.8, 4) is 11.6 Å². The van der Waals surface area contributed by atoms with Crippen molar-refractivity contribution in [2.75, 3.05) is 26.8 Å². The predicted molar refractivity (Wildman–Crippen MR) is 111 cm³/mol. The molecule has 0 N–H and O–H groups in total. The largest absolute Gasteiger partial charge is 0.496 e. The Morgan fingerprint density at radius 2 is 1.97 bits per heavy atom. The molecule has 0 spiro atoms. The van der Waals surface area contributed by atoms with Crippen molar-refractivity contribution in [1.82, 2.24) is 15.1 Å². The number of halogens is 1. The Hall–Kier alpha value is -2.34. The molecule has 2 aliphatic rings. The SMILES string of the molecule is COc1ccc(Cl)cc1C(=O)N1CCC(COc2cc3c(nn2)CCCC3)CC1. The highest BCUT2D eigenvalue weighted by Gasteiger charge is 2.26. The van der Waals surface area contributed by atoms with Crippen LogP contribution in [0.2, 0.25) is 5.02 Å². The number of benzene rings is 1. The Morgan fingerprint density at radius 1 is 1.17 bits per heavy atom. The van der Waals surface area contributed by atoms with Gasteiger partial charge in [0.15, 0.2) is 0 Å². The van der Waals surface area contributed by atoms with Crippen LogP contribution in [0, 0.1) is 5.92 Å². The molecule has 1 aromatic heterocycles. The zero-order chi connectivity index (χ0) is 20.2. The van der Waals surface area contributed by atoms with E-state index >= 15 is 0 Å². The van der Waals surface area contributed by atoms with Crippen molar-refractivity contribution in [2.24, 2.45) is 5.92 Å². The molecule has 154 valence electrons. The smallest absolute Gasteiger partial charge is 0.257 e. The molecular formula is C22H26ClN3O3. The van der Waals surface area contributed by atoms with Crippen molar-refractivity contribution in [1.29, 1.82) is 0 Å². The van der Waals surface area contributed by atoms with Gasteiger partial charge in [0, 0.05) is 24.2 Å². The Morgan fingerprint density at radius 3 is 2.76 bits per heavy atom. The van der Waals surface area contributed by atoms with E-state index in [4.69, 9.17) is 21.1 Å². The minimum atomic E-state index is -0.0377. The van der Waals surface area contributed by atoms with Crippen LogP contribution in [0.3, 0.4) is 0 Å². The van der Waals surface area contributed by atoms with Gasteiger partial charge < -0.3 is 14.4 Å². The molecule has 0 radical (unpaired) electrons. The van der Waals surface area contributed by atoms with Gasteiger partial charge in [-0.15, -0.1) is 5.10 Å². The molecule has 1 saturated heterocycles. The summed E-state index contributed by atoms with van der Waals surface area (Å²) in [5.41, 5.74) is 2.91. The molecule has 1 amide bonds. The maximum absolute atomic E-state index is 12.9. The molecule has 1 aliphatic heterocycles. The third-order valence-corrected chi connectivity index (χ3v) is 6.04. The number of fused-ring (bicyclic) bond motifs is 1. The van der Waals surface area contributed by atoms with E-state index in [1.54, 1.807) is 25.3 Å². The molecule has 0 saturated carbocycles. The minimum Gasteiger partial charge on any atom is -0.496 e. The maximum atomic E-state index is 12.9. The van der Waals surface area contributed by atoms with Gasteiger partial charge in [0.25, 0.3) is 5.91 Å². The van der Waals surface area contributed by atoms with E-state index in [-0.39, 0.29) is 5.91 Å². The lowest BCUT2D eigenvalue weighted by Gasteiger charge is -2.32. The lowest BCUT2D eigenvalue weighted by Crippen LogP contribution is -2.39. The normalized spacial score (nSPS) is 17.0. The summed E-state index contributed by atoms with van der Waals surface area (Å²) in [6.07, 6.45) is 6.28. The summed E-state index contributed by atoms with van der Waals surface area (Å²) >= 11 is 6.07. The molecule has 4 rings (SSSR count). The van der Waals surface area contributed by atoms with Crippen molar-refractivity contribution in [2.45, 2.75) is 38.5 Å². The van der Waals surface area contributed by atoms with Gasteiger partial charge in [0.05, 0.1) is 25.0 Å². The average Bonchev–Trinajstić information content (AvgIpc) is 2.77. The first-order valence-corrected chi connectivity index (χ1v) is 10.6. The van der Waals surface area contributed by atoms with Gasteiger partial charge in [-0.2, -0.15) is 5.10 Å². The highest BCUT2D eigenvalue weighted by molar-refractivity contribution is 6.31. The van der Waals surface area contributed by atoms with Crippen molar-refractivity contribution in [3.63, 3.8) is 0 Å². The molecule has 2 aromatic rings. The van der Waals surface area contributed by atoms with Gasteiger partial charge in [-0.3, -0.25) is 4.79 Å². The van der Waals surface area contributed by atoms with Gasteiger partial charge in [0.2, 0.25) is 5.88 Å². The van der Waals surface area contributed by atoms with Crippen LogP contribution in [0.15, 0.2) is 24.3 Å². The summed E-state index contributed by atoms with van der Waals surface area (Å²) < 4.78 is 11.3. The monoisotopic (exact) mass is 415 g/mol. The second-order valence-electron chi connectivity index (χ2n) is 7.75. The molecule has 6 nitrogen and oxygen atoms in total. The molecule has 2 heterocycles. The van der Waals surface area contributed by atoms with Crippen LogP contribution in [0.5, 0.6) is 11.6 Å². The number of nitrogens with zero attached hydrogens (tertiary/aromatic N) is 3. The van der Waals surface area contributed by atoms with Gasteiger partial charge in [0.1, 0.15) is 5.75 Å². The average molecular weight is 416 g/mol. The van der Waals surface area contributed by atoms with Crippen molar-refractivity contribution >= 4 is 17.5 Å². The number of rotatable bonds is 5. The maximum Gasteiger partial charge on any atom is 0.257 e. The summed E-state index contributed by atoms with van der Waals surface area (Å²) in [6.45, 7) is 1.99. The summed E-state index contributed by atoms with van der Waals surface area (Å²) in [5, 5.41) is 9.08. The molecule has 0 bridgehead atoms. The molecule has 1 aromatic carbocycles. The van der Waals surface area contributed by atoms with E-state index in [1.807, 2.05) is 11.0 Å². The topological polar surface area (TPSA) is 64.5 Å². The molecule has 29 heavy (non-hydrogen) atoms. The number of carbonyl (C=O) groups excluding carboxylic acids is 1. The highest BCUT2D eigenvalue weighted by atomic mass is 35.5. The fourth-order valence-electron chi connectivity index (χ4n) is 4.06. The molecular weight excluding hydrogens is 390 g/mol. The van der Waals surface area contributed by atoms with E-state index in [9.17, 15) is 4.79 Å². The third kappa shape index (κ3) is 4.64. The number of amides is 1. The number of carbonyl (C=O) groups is 1. The van der Waals surface area contributed by atoms with Gasteiger partial charge in [-0.1, -0.05) is 11.6 Å². The Labute approximate surface area is 176 Å². The van der Waals surface area contributed by atoms with E-state index in [1.165, 1.54) is 18.4 Å². The van der Waals surface area contributed by atoms with Crippen LogP contribution in [-0.4, -0.2) is 47.8 Å². The molecule has 7 heteroatoms. The Bertz CT molecular complexity index is 882. The summed E-state index contributed by atoms with van der Waals surface area (Å²) in [4.78, 5) is 14.8. The molecule has 1 fully saturated rings. The van der Waals surface area contributed by atoms with Gasteiger partial charge in [-0.05, 0) is 68.2 Å². The van der Waals surface area contributed by atoms with Crippen LogP contribution in [0.25, 0.3) is 0 Å². The lowest BCUT2D eigenvalue weighted by molar-refractivity contribution is 0.0655. The molecule has 0 unspecified atom stereocenters. The van der Waals surface area contributed by atoms with E-state index in [0.29, 0.717) is 47.8 Å². The molecule has 1 aliphatic carbocycles. The van der Waals surface area contributed by atoms with E-state index < -0.39 is 0 Å². The van der Waals surface area contributed by atoms with E-state index in [2.05, 4.69) is 10.2 Å². The summed E-state index contributed by atoms with van der Waals surface area (Å²) in [7, 11) is 1.56. The Kier molecular flexibility index (Phi) is 6.19. The summed E-state index contributed by atoms with van der Waals surface area (Å²) in [6, 6.07) is 7.18. The van der Waals surface area contributed by atoms with Crippen LogP contribution in [0.1, 0.15) is 47.3 Å². The predicted octanol–water partition coefficient (Wildman–Crippen LogP) is 3.95. The highest BCUT2D eigenvalue weighted by Crippen LogP contribution is 2.27. The lowest BCUT2D eigenvalue weighted by atomic mass is 9.96. The molecule has 0 atom stereocenters. The van der Waals surface area contributed by atoms with Crippen LogP contribution >= 0.6 is 11.6 Å². The first-order valence-electron chi connectivity index (χ1n) is 10.2. The number of hydrogen-bond acceptors (Lipinski definition) is 5. The summed E-state index contributed by atoms with van der Waals surface area (Å²) in [5.74, 6) is 1.53. The second kappa shape index (κ2) is 8.99. The number of hydrogen-bond donors (Lipinski definition) is 0. The number of aryl methyl sites for hydroxylation is 2. The van der Waals surface area contributed by atoms with Gasteiger partial charge >= 0.3 is 0 Å². The zero-order valence-corrected chi connectivity index (χ0v) is 17.5. The number of ether oxygens (including phenoxy) is 2. The fourth-order valence-corrected chi connectivity index (χ4v) is 4.24. The number of aromatic nitrogens is 2. The number of piperidine rings is 1. The fraction of sp³-hybridized carbons (Fsp3) is 0.500. The van der Waals surface area contributed by atoms with E-state index in [0.717, 1.165) is 31.4 Å². The van der Waals surface area contributed by atoms with Crippen LogP contribution < -0.4 is 9.47 Å². The van der Waals surface area contributed by atoms with Crippen molar-refractivity contribution < 1.29 is 14.3 Å². The number of methoxy groups -OCH3 is 1. The van der Waals surface area contributed by atoms with Crippen LogP contribution in [-0.2, 0) is 12.8 Å².